The SMILES string of the molecule is Cc1cccc(NC(=O)c2ccnc(Nc3cccc(F)c3)n2)c1C. The van der Waals surface area contributed by atoms with E-state index < -0.39 is 0 Å². The van der Waals surface area contributed by atoms with Crippen molar-refractivity contribution in [2.24, 2.45) is 0 Å². The first-order valence-corrected chi connectivity index (χ1v) is 7.76. The van der Waals surface area contributed by atoms with E-state index in [1.165, 1.54) is 24.4 Å². The standard InChI is InChI=1S/C19H17FN4O/c1-12-5-3-8-16(13(12)2)23-18(25)17-9-10-21-19(24-17)22-15-7-4-6-14(20)11-15/h3-11H,1-2H3,(H,23,25)(H,21,22,24). The van der Waals surface area contributed by atoms with Gasteiger partial charge in [0.1, 0.15) is 11.5 Å². The van der Waals surface area contributed by atoms with Gasteiger partial charge in [-0.2, -0.15) is 0 Å². The van der Waals surface area contributed by atoms with Crippen molar-refractivity contribution in [2.45, 2.75) is 13.8 Å². The fourth-order valence-corrected chi connectivity index (χ4v) is 2.31. The Bertz CT molecular complexity index is 927. The number of anilines is 3. The Morgan fingerprint density at radius 1 is 1.08 bits per heavy atom. The van der Waals surface area contributed by atoms with Gasteiger partial charge in [-0.05, 0) is 55.3 Å². The molecule has 0 atom stereocenters. The lowest BCUT2D eigenvalue weighted by atomic mass is 10.1. The van der Waals surface area contributed by atoms with Crippen LogP contribution in [0.2, 0.25) is 0 Å². The minimum absolute atomic E-state index is 0.217. The van der Waals surface area contributed by atoms with E-state index in [1.54, 1.807) is 12.1 Å². The zero-order valence-electron chi connectivity index (χ0n) is 13.9. The van der Waals surface area contributed by atoms with Crippen LogP contribution in [0.25, 0.3) is 0 Å². The third kappa shape index (κ3) is 3.98. The van der Waals surface area contributed by atoms with Gasteiger partial charge in [-0.25, -0.2) is 14.4 Å². The van der Waals surface area contributed by atoms with Gasteiger partial charge in [0.05, 0.1) is 0 Å². The fraction of sp³-hybridized carbons (Fsp3) is 0.105. The summed E-state index contributed by atoms with van der Waals surface area (Å²) in [7, 11) is 0. The Balaban J connectivity index is 1.78. The number of benzene rings is 2. The number of carbonyl (C=O) groups excluding carboxylic acids is 1. The Morgan fingerprint density at radius 3 is 2.68 bits per heavy atom. The molecule has 0 unspecified atom stereocenters. The van der Waals surface area contributed by atoms with Crippen molar-refractivity contribution in [3.8, 4) is 0 Å². The van der Waals surface area contributed by atoms with Crippen LogP contribution < -0.4 is 10.6 Å². The Hall–Kier alpha value is -3.28. The van der Waals surface area contributed by atoms with Crippen molar-refractivity contribution in [1.82, 2.24) is 9.97 Å². The second-order valence-electron chi connectivity index (χ2n) is 5.60. The molecule has 25 heavy (non-hydrogen) atoms. The van der Waals surface area contributed by atoms with Crippen LogP contribution in [0.15, 0.2) is 54.7 Å². The number of amides is 1. The first-order chi connectivity index (χ1) is 12.0. The molecule has 0 aliphatic rings. The highest BCUT2D eigenvalue weighted by atomic mass is 19.1. The number of nitrogens with zero attached hydrogens (tertiary/aromatic N) is 2. The molecule has 0 bridgehead atoms. The van der Waals surface area contributed by atoms with E-state index >= 15 is 0 Å². The third-order valence-electron chi connectivity index (χ3n) is 3.82. The minimum atomic E-state index is -0.367. The molecule has 0 saturated heterocycles. The quantitative estimate of drug-likeness (QED) is 0.748. The van der Waals surface area contributed by atoms with Crippen LogP contribution in [0, 0.1) is 19.7 Å². The molecule has 6 heteroatoms. The van der Waals surface area contributed by atoms with Crippen LogP contribution in [0.5, 0.6) is 0 Å². The van der Waals surface area contributed by atoms with Crippen molar-refractivity contribution in [2.75, 3.05) is 10.6 Å². The topological polar surface area (TPSA) is 66.9 Å². The average molecular weight is 336 g/mol. The molecule has 126 valence electrons. The van der Waals surface area contributed by atoms with Gasteiger partial charge in [-0.3, -0.25) is 4.79 Å². The zero-order chi connectivity index (χ0) is 17.8. The first kappa shape index (κ1) is 16.6. The normalized spacial score (nSPS) is 10.4. The monoisotopic (exact) mass is 336 g/mol. The molecule has 3 aromatic rings. The number of aromatic nitrogens is 2. The first-order valence-electron chi connectivity index (χ1n) is 7.76. The van der Waals surface area contributed by atoms with Gasteiger partial charge in [0.25, 0.3) is 5.91 Å². The van der Waals surface area contributed by atoms with E-state index in [9.17, 15) is 9.18 Å². The van der Waals surface area contributed by atoms with Gasteiger partial charge in [0.2, 0.25) is 5.95 Å². The number of nitrogens with one attached hydrogen (secondary N) is 2. The smallest absolute Gasteiger partial charge is 0.274 e. The molecular weight excluding hydrogens is 319 g/mol. The number of hydrogen-bond donors (Lipinski definition) is 2. The van der Waals surface area contributed by atoms with Gasteiger partial charge in [0.15, 0.2) is 0 Å². The predicted octanol–water partition coefficient (Wildman–Crippen LogP) is 4.23. The second-order valence-corrected chi connectivity index (χ2v) is 5.60. The molecule has 0 saturated carbocycles. The lowest BCUT2D eigenvalue weighted by Gasteiger charge is -2.10. The molecule has 0 fully saturated rings. The molecule has 0 spiro atoms. The summed E-state index contributed by atoms with van der Waals surface area (Å²) in [6.45, 7) is 3.93. The van der Waals surface area contributed by atoms with Crippen molar-refractivity contribution >= 4 is 23.2 Å². The van der Waals surface area contributed by atoms with Crippen molar-refractivity contribution in [1.29, 1.82) is 0 Å². The van der Waals surface area contributed by atoms with Gasteiger partial charge >= 0.3 is 0 Å². The van der Waals surface area contributed by atoms with Crippen LogP contribution in [0.1, 0.15) is 21.6 Å². The average Bonchev–Trinajstić information content (AvgIpc) is 2.59. The Labute approximate surface area is 145 Å². The molecule has 1 aromatic heterocycles. The Morgan fingerprint density at radius 2 is 1.88 bits per heavy atom. The Kier molecular flexibility index (Phi) is 4.70. The molecule has 0 radical (unpaired) electrons. The van der Waals surface area contributed by atoms with Gasteiger partial charge in [0, 0.05) is 17.6 Å². The molecule has 5 nitrogen and oxygen atoms in total. The minimum Gasteiger partial charge on any atom is -0.324 e. The summed E-state index contributed by atoms with van der Waals surface area (Å²) in [6.07, 6.45) is 1.48. The van der Waals surface area contributed by atoms with Crippen molar-refractivity contribution < 1.29 is 9.18 Å². The molecule has 2 aromatic carbocycles. The maximum Gasteiger partial charge on any atom is 0.274 e. The second kappa shape index (κ2) is 7.09. The number of carbonyl (C=O) groups is 1. The van der Waals surface area contributed by atoms with Crippen molar-refractivity contribution in [3.63, 3.8) is 0 Å². The molecular formula is C19H17FN4O. The molecule has 2 N–H and O–H groups in total. The van der Waals surface area contributed by atoms with Gasteiger partial charge in [-0.1, -0.05) is 18.2 Å². The van der Waals surface area contributed by atoms with Crippen LogP contribution in [0.3, 0.4) is 0 Å². The van der Waals surface area contributed by atoms with Crippen LogP contribution in [-0.4, -0.2) is 15.9 Å². The summed E-state index contributed by atoms with van der Waals surface area (Å²) in [5.41, 5.74) is 3.56. The van der Waals surface area contributed by atoms with Gasteiger partial charge < -0.3 is 10.6 Å². The van der Waals surface area contributed by atoms with E-state index in [1.807, 2.05) is 32.0 Å². The highest BCUT2D eigenvalue weighted by molar-refractivity contribution is 6.03. The van der Waals surface area contributed by atoms with E-state index in [0.717, 1.165) is 16.8 Å². The predicted molar refractivity (Wildman–Crippen MR) is 95.6 cm³/mol. The fourth-order valence-electron chi connectivity index (χ4n) is 2.31. The zero-order valence-corrected chi connectivity index (χ0v) is 13.9. The van der Waals surface area contributed by atoms with Crippen molar-refractivity contribution in [3.05, 3.63) is 77.4 Å². The van der Waals surface area contributed by atoms with E-state index in [-0.39, 0.29) is 23.4 Å². The lowest BCUT2D eigenvalue weighted by Crippen LogP contribution is -2.15. The lowest BCUT2D eigenvalue weighted by molar-refractivity contribution is 0.102. The summed E-state index contributed by atoms with van der Waals surface area (Å²) in [6, 6.07) is 13.2. The molecule has 1 heterocycles. The maximum absolute atomic E-state index is 13.2. The number of aryl methyl sites for hydroxylation is 1. The van der Waals surface area contributed by atoms with Crippen LogP contribution in [-0.2, 0) is 0 Å². The number of rotatable bonds is 4. The molecule has 3 rings (SSSR count). The third-order valence-corrected chi connectivity index (χ3v) is 3.82. The summed E-state index contributed by atoms with van der Waals surface area (Å²) < 4.78 is 13.2. The summed E-state index contributed by atoms with van der Waals surface area (Å²) in [5.74, 6) is -0.480. The van der Waals surface area contributed by atoms with Crippen LogP contribution >= 0.6 is 0 Å². The molecule has 1 amide bonds. The highest BCUT2D eigenvalue weighted by Crippen LogP contribution is 2.19. The number of halogens is 1. The van der Waals surface area contributed by atoms with E-state index in [2.05, 4.69) is 20.6 Å². The van der Waals surface area contributed by atoms with E-state index in [4.69, 9.17) is 0 Å². The summed E-state index contributed by atoms with van der Waals surface area (Å²) in [4.78, 5) is 20.7. The summed E-state index contributed by atoms with van der Waals surface area (Å²) >= 11 is 0. The van der Waals surface area contributed by atoms with E-state index in [0.29, 0.717) is 5.69 Å². The van der Waals surface area contributed by atoms with Gasteiger partial charge in [-0.15, -0.1) is 0 Å². The number of hydrogen-bond acceptors (Lipinski definition) is 4. The summed E-state index contributed by atoms with van der Waals surface area (Å²) in [5, 5.41) is 5.73. The largest absolute Gasteiger partial charge is 0.324 e. The van der Waals surface area contributed by atoms with Crippen LogP contribution in [0.4, 0.5) is 21.7 Å². The highest BCUT2D eigenvalue weighted by Gasteiger charge is 2.11. The maximum atomic E-state index is 13.2. The molecule has 0 aliphatic carbocycles. The molecule has 0 aliphatic heterocycles.